The Kier molecular flexibility index (Phi) is 19.6. The summed E-state index contributed by atoms with van der Waals surface area (Å²) in [5.41, 5.74) is 0.924. The van der Waals surface area contributed by atoms with E-state index in [9.17, 15) is 32.7 Å². The van der Waals surface area contributed by atoms with Crippen LogP contribution in [0.15, 0.2) is 30.3 Å². The van der Waals surface area contributed by atoms with Crippen molar-refractivity contribution in [1.29, 1.82) is 0 Å². The van der Waals surface area contributed by atoms with Crippen molar-refractivity contribution in [3.63, 3.8) is 0 Å². The maximum atomic E-state index is 13.6. The second-order valence-electron chi connectivity index (χ2n) is 13.5. The molecule has 4 amide bonds. The average Bonchev–Trinajstić information content (AvgIpc) is 3.01. The normalized spacial score (nSPS) is 15.3. The van der Waals surface area contributed by atoms with Crippen LogP contribution < -0.4 is 26.0 Å². The van der Waals surface area contributed by atoms with Crippen LogP contribution in [0.5, 0.6) is 0 Å². The number of amides is 4. The number of carbonyl (C=O) groups excluding carboxylic acids is 4. The zero-order valence-electron chi connectivity index (χ0n) is 30.3. The first kappa shape index (κ1) is 43.9. The minimum atomic E-state index is -3.71. The van der Waals surface area contributed by atoms with Crippen molar-refractivity contribution >= 4 is 45.4 Å². The summed E-state index contributed by atoms with van der Waals surface area (Å²) in [7, 11) is -3.71. The van der Waals surface area contributed by atoms with Crippen LogP contribution in [0.3, 0.4) is 0 Å². The van der Waals surface area contributed by atoms with Gasteiger partial charge in [-0.3, -0.25) is 19.2 Å². The van der Waals surface area contributed by atoms with Crippen LogP contribution in [0.2, 0.25) is 0 Å². The van der Waals surface area contributed by atoms with Gasteiger partial charge in [0.1, 0.15) is 24.2 Å². The first-order valence-electron chi connectivity index (χ1n) is 16.7. The highest BCUT2D eigenvalue weighted by Gasteiger charge is 2.32. The molecule has 1 aromatic carbocycles. The Labute approximate surface area is 297 Å². The number of carbonyl (C=O) groups is 4. The minimum Gasteiger partial charge on any atom is -0.390 e. The molecule has 0 radical (unpaired) electrons. The van der Waals surface area contributed by atoms with Gasteiger partial charge in [0, 0.05) is 18.4 Å². The highest BCUT2D eigenvalue weighted by molar-refractivity contribution is 7.98. The predicted octanol–water partition coefficient (Wildman–Crippen LogP) is 2.18. The van der Waals surface area contributed by atoms with E-state index in [-0.39, 0.29) is 42.9 Å². The molecule has 0 fully saturated rings. The van der Waals surface area contributed by atoms with Crippen LogP contribution in [-0.4, -0.2) is 85.7 Å². The lowest BCUT2D eigenvalue weighted by Gasteiger charge is -2.27. The highest BCUT2D eigenvalue weighted by atomic mass is 32.2. The molecule has 6 atom stereocenters. The molecule has 0 aliphatic rings. The van der Waals surface area contributed by atoms with Gasteiger partial charge >= 0.3 is 0 Å². The molecule has 0 unspecified atom stereocenters. The summed E-state index contributed by atoms with van der Waals surface area (Å²) >= 11 is 1.47. The Hall–Kier alpha value is -3.12. The first-order valence-corrected chi connectivity index (χ1v) is 20.0. The number of thioether (sulfide) groups is 1. The number of nitrogens with one attached hydrogen (secondary N) is 5. The number of benzene rings is 1. The van der Waals surface area contributed by atoms with Gasteiger partial charge < -0.3 is 26.4 Å². The Balaban J connectivity index is 3.08. The molecule has 1 aromatic rings. The monoisotopic (exact) mass is 723 g/mol. The molecule has 1 rings (SSSR count). The third kappa shape index (κ3) is 17.9. The molecule has 0 saturated heterocycles. The molecule has 276 valence electrons. The zero-order chi connectivity index (χ0) is 37.3. The van der Waals surface area contributed by atoms with E-state index in [0.29, 0.717) is 12.3 Å². The van der Waals surface area contributed by atoms with E-state index in [1.807, 2.05) is 78.1 Å². The van der Waals surface area contributed by atoms with E-state index in [0.717, 1.165) is 11.8 Å². The van der Waals surface area contributed by atoms with Crippen molar-refractivity contribution in [2.75, 3.05) is 18.3 Å². The molecule has 49 heavy (non-hydrogen) atoms. The van der Waals surface area contributed by atoms with Crippen molar-refractivity contribution in [2.24, 2.45) is 23.7 Å². The lowest BCUT2D eigenvalue weighted by atomic mass is 9.95. The molecule has 0 aliphatic heterocycles. The quantitative estimate of drug-likeness (QED) is 0.111. The van der Waals surface area contributed by atoms with Crippen LogP contribution in [0.25, 0.3) is 0 Å². The fourth-order valence-electron chi connectivity index (χ4n) is 4.78. The number of aliphatic hydroxyl groups is 1. The molecule has 12 nitrogen and oxygen atoms in total. The maximum absolute atomic E-state index is 13.6. The smallest absolute Gasteiger partial charge is 0.243 e. The second kappa shape index (κ2) is 21.9. The third-order valence-electron chi connectivity index (χ3n) is 7.43. The van der Waals surface area contributed by atoms with Crippen LogP contribution in [0, 0.1) is 35.5 Å². The van der Waals surface area contributed by atoms with Gasteiger partial charge in [-0.05, 0) is 48.7 Å². The molecule has 0 aliphatic carbocycles. The van der Waals surface area contributed by atoms with Gasteiger partial charge in [0.2, 0.25) is 33.7 Å². The molecular formula is C35H57N5O7S2. The molecule has 6 N–H and O–H groups in total. The molecule has 0 aromatic heterocycles. The summed E-state index contributed by atoms with van der Waals surface area (Å²) in [6, 6.07) is 5.44. The van der Waals surface area contributed by atoms with Crippen molar-refractivity contribution in [3.8, 4) is 11.8 Å². The molecular weight excluding hydrogens is 667 g/mol. The van der Waals surface area contributed by atoms with Crippen molar-refractivity contribution in [3.05, 3.63) is 35.9 Å². The minimum absolute atomic E-state index is 0.00649. The van der Waals surface area contributed by atoms with Crippen LogP contribution in [0.1, 0.15) is 73.3 Å². The van der Waals surface area contributed by atoms with Crippen molar-refractivity contribution in [1.82, 2.24) is 26.0 Å². The topological polar surface area (TPSA) is 183 Å². The summed E-state index contributed by atoms with van der Waals surface area (Å²) in [6.07, 6.45) is 1.95. The SMILES string of the molecule is CSCC[C@H](NC(=O)[C@H](CC(C)C)NS(C)(=O)=O)C(=O)N[C@@H](C#CC(C)C)[C@@H](O)C[C@@H](C)C(=O)N[C@H](C(=O)NCc1ccccc1)C(C)C. The molecule has 0 heterocycles. The first-order chi connectivity index (χ1) is 22.8. The Morgan fingerprint density at radius 2 is 1.43 bits per heavy atom. The van der Waals surface area contributed by atoms with E-state index in [1.54, 1.807) is 6.92 Å². The lowest BCUT2D eigenvalue weighted by Crippen LogP contribution is -2.56. The van der Waals surface area contributed by atoms with Gasteiger partial charge in [-0.1, -0.05) is 90.6 Å². The summed E-state index contributed by atoms with van der Waals surface area (Å²) < 4.78 is 26.2. The van der Waals surface area contributed by atoms with Gasteiger partial charge in [-0.15, -0.1) is 0 Å². The van der Waals surface area contributed by atoms with Crippen molar-refractivity contribution < 1.29 is 32.7 Å². The van der Waals surface area contributed by atoms with E-state index in [1.165, 1.54) is 11.8 Å². The number of hydrogen-bond acceptors (Lipinski definition) is 8. The largest absolute Gasteiger partial charge is 0.390 e. The van der Waals surface area contributed by atoms with Gasteiger partial charge in [-0.2, -0.15) is 11.8 Å². The molecule has 0 bridgehead atoms. The maximum Gasteiger partial charge on any atom is 0.243 e. The van der Waals surface area contributed by atoms with Gasteiger partial charge in [0.05, 0.1) is 12.4 Å². The lowest BCUT2D eigenvalue weighted by molar-refractivity contribution is -0.132. The molecule has 0 saturated carbocycles. The summed E-state index contributed by atoms with van der Waals surface area (Å²) in [5.74, 6) is 3.36. The van der Waals surface area contributed by atoms with E-state index >= 15 is 0 Å². The number of hydrogen-bond donors (Lipinski definition) is 6. The summed E-state index contributed by atoms with van der Waals surface area (Å²) in [4.78, 5) is 53.0. The summed E-state index contributed by atoms with van der Waals surface area (Å²) in [5, 5.41) is 22.4. The number of rotatable bonds is 20. The fourth-order valence-corrected chi connectivity index (χ4v) is 5.98. The number of sulfonamides is 1. The number of aliphatic hydroxyl groups excluding tert-OH is 1. The van der Waals surface area contributed by atoms with E-state index in [2.05, 4.69) is 37.8 Å². The highest BCUT2D eigenvalue weighted by Crippen LogP contribution is 2.14. The molecule has 0 spiro atoms. The van der Waals surface area contributed by atoms with Gasteiger partial charge in [0.25, 0.3) is 0 Å². The Morgan fingerprint density at radius 1 is 0.816 bits per heavy atom. The fraction of sp³-hybridized carbons (Fsp3) is 0.657. The Bertz CT molecular complexity index is 1380. The van der Waals surface area contributed by atoms with Crippen LogP contribution >= 0.6 is 11.8 Å². The average molecular weight is 724 g/mol. The predicted molar refractivity (Wildman–Crippen MR) is 196 cm³/mol. The van der Waals surface area contributed by atoms with Crippen LogP contribution in [-0.2, 0) is 35.7 Å². The zero-order valence-corrected chi connectivity index (χ0v) is 32.0. The van der Waals surface area contributed by atoms with Crippen LogP contribution in [0.4, 0.5) is 0 Å². The van der Waals surface area contributed by atoms with E-state index < -0.39 is 63.9 Å². The van der Waals surface area contributed by atoms with Gasteiger partial charge in [-0.25, -0.2) is 13.1 Å². The van der Waals surface area contributed by atoms with Gasteiger partial charge in [0.15, 0.2) is 0 Å². The third-order valence-corrected chi connectivity index (χ3v) is 8.79. The standard InChI is InChI=1S/C35H57N5O7S2/c1-22(2)15-16-27(37-33(43)28(17-18-48-8)38-34(44)29(19-23(3)4)40-49(9,46)47)30(41)20-25(7)32(42)39-31(24(5)6)35(45)36-21-26-13-11-10-12-14-26/h10-14,22-25,27-31,40-41H,17-21H2,1-9H3,(H,36,45)(H,37,43)(H,38,44)(H,39,42)/t25-,27+,28+,29+,30+,31+/m1/s1. The Morgan fingerprint density at radius 3 is 1.96 bits per heavy atom. The van der Waals surface area contributed by atoms with E-state index in [4.69, 9.17) is 0 Å². The summed E-state index contributed by atoms with van der Waals surface area (Å²) in [6.45, 7) is 13.0. The second-order valence-corrected chi connectivity index (χ2v) is 16.2. The van der Waals surface area contributed by atoms with Crippen molar-refractivity contribution in [2.45, 2.75) is 105 Å². The molecule has 14 heteroatoms.